The van der Waals surface area contributed by atoms with Crippen LogP contribution in [0.15, 0.2) is 18.2 Å². The van der Waals surface area contributed by atoms with Crippen molar-refractivity contribution >= 4 is 5.97 Å². The second-order valence-electron chi connectivity index (χ2n) is 4.12. The van der Waals surface area contributed by atoms with E-state index in [1.165, 1.54) is 13.2 Å². The van der Waals surface area contributed by atoms with Crippen LogP contribution in [-0.2, 0) is 10.2 Å². The number of rotatable bonds is 3. The molecular formula is C12H14O4. The zero-order chi connectivity index (χ0) is 11.8. The Kier molecular flexibility index (Phi) is 2.50. The third-order valence-electron chi connectivity index (χ3n) is 3.34. The van der Waals surface area contributed by atoms with Gasteiger partial charge in [0.1, 0.15) is 11.5 Å². The SMILES string of the molecule is COc1ccc(C2(C(=O)O)CCC2)c(O)c1. The number of hydrogen-bond donors (Lipinski definition) is 2. The van der Waals surface area contributed by atoms with Crippen molar-refractivity contribution in [2.24, 2.45) is 0 Å². The van der Waals surface area contributed by atoms with Crippen molar-refractivity contribution in [1.82, 2.24) is 0 Å². The molecule has 1 aliphatic carbocycles. The zero-order valence-corrected chi connectivity index (χ0v) is 9.06. The second-order valence-corrected chi connectivity index (χ2v) is 4.12. The first kappa shape index (κ1) is 10.8. The van der Waals surface area contributed by atoms with E-state index in [9.17, 15) is 15.0 Å². The van der Waals surface area contributed by atoms with E-state index in [1.54, 1.807) is 12.1 Å². The van der Waals surface area contributed by atoms with Gasteiger partial charge in [0.2, 0.25) is 0 Å². The number of phenols is 1. The molecule has 2 N–H and O–H groups in total. The summed E-state index contributed by atoms with van der Waals surface area (Å²) in [5.74, 6) is -0.332. The highest BCUT2D eigenvalue weighted by Gasteiger charge is 2.47. The minimum absolute atomic E-state index is 0.00134. The lowest BCUT2D eigenvalue weighted by Gasteiger charge is -2.38. The highest BCUT2D eigenvalue weighted by Crippen LogP contribution is 2.47. The van der Waals surface area contributed by atoms with E-state index >= 15 is 0 Å². The van der Waals surface area contributed by atoms with Gasteiger partial charge in [-0.15, -0.1) is 0 Å². The Morgan fingerprint density at radius 1 is 1.44 bits per heavy atom. The molecule has 0 saturated heterocycles. The third kappa shape index (κ3) is 1.41. The molecule has 1 saturated carbocycles. The molecule has 4 nitrogen and oxygen atoms in total. The molecule has 0 atom stereocenters. The Bertz CT molecular complexity index is 421. The second kappa shape index (κ2) is 3.70. The largest absolute Gasteiger partial charge is 0.507 e. The highest BCUT2D eigenvalue weighted by atomic mass is 16.5. The Hall–Kier alpha value is -1.71. The summed E-state index contributed by atoms with van der Waals surface area (Å²) in [6.07, 6.45) is 2.06. The number of carbonyl (C=O) groups is 1. The van der Waals surface area contributed by atoms with Crippen molar-refractivity contribution < 1.29 is 19.7 Å². The van der Waals surface area contributed by atoms with E-state index in [0.29, 0.717) is 24.2 Å². The summed E-state index contributed by atoms with van der Waals surface area (Å²) in [5, 5.41) is 19.1. The topological polar surface area (TPSA) is 66.8 Å². The molecule has 0 spiro atoms. The summed E-state index contributed by atoms with van der Waals surface area (Å²) in [7, 11) is 1.50. The van der Waals surface area contributed by atoms with Crippen LogP contribution in [0.5, 0.6) is 11.5 Å². The minimum Gasteiger partial charge on any atom is -0.507 e. The molecule has 86 valence electrons. The smallest absolute Gasteiger partial charge is 0.314 e. The van der Waals surface area contributed by atoms with Crippen molar-refractivity contribution in [3.63, 3.8) is 0 Å². The Morgan fingerprint density at radius 2 is 2.12 bits per heavy atom. The molecule has 0 unspecified atom stereocenters. The molecule has 0 aromatic heterocycles. The van der Waals surface area contributed by atoms with Crippen molar-refractivity contribution in [2.75, 3.05) is 7.11 Å². The molecule has 0 bridgehead atoms. The number of benzene rings is 1. The van der Waals surface area contributed by atoms with Gasteiger partial charge >= 0.3 is 5.97 Å². The average Bonchev–Trinajstić information content (AvgIpc) is 2.18. The number of aliphatic carboxylic acids is 1. The summed E-state index contributed by atoms with van der Waals surface area (Å²) in [6.45, 7) is 0. The number of phenolic OH excluding ortho intramolecular Hbond substituents is 1. The molecule has 1 aromatic carbocycles. The van der Waals surface area contributed by atoms with Crippen molar-refractivity contribution in [2.45, 2.75) is 24.7 Å². The van der Waals surface area contributed by atoms with Crippen LogP contribution in [0.2, 0.25) is 0 Å². The van der Waals surface area contributed by atoms with Crippen molar-refractivity contribution in [3.8, 4) is 11.5 Å². The molecule has 0 aliphatic heterocycles. The minimum atomic E-state index is -0.893. The fourth-order valence-electron chi connectivity index (χ4n) is 2.17. The van der Waals surface area contributed by atoms with Crippen LogP contribution < -0.4 is 4.74 Å². The van der Waals surface area contributed by atoms with E-state index in [2.05, 4.69) is 0 Å². The van der Waals surface area contributed by atoms with E-state index < -0.39 is 11.4 Å². The number of carboxylic acid groups (broad SMARTS) is 1. The van der Waals surface area contributed by atoms with Gasteiger partial charge in [0, 0.05) is 11.6 Å². The number of aromatic hydroxyl groups is 1. The van der Waals surface area contributed by atoms with E-state index in [1.807, 2.05) is 0 Å². The first-order valence-corrected chi connectivity index (χ1v) is 5.21. The van der Waals surface area contributed by atoms with Gasteiger partial charge in [0.05, 0.1) is 12.5 Å². The number of methoxy groups -OCH3 is 1. The van der Waals surface area contributed by atoms with Gasteiger partial charge in [-0.25, -0.2) is 0 Å². The Labute approximate surface area is 93.5 Å². The number of ether oxygens (including phenoxy) is 1. The summed E-state index contributed by atoms with van der Waals surface area (Å²) in [6, 6.07) is 4.78. The van der Waals surface area contributed by atoms with Gasteiger partial charge in [-0.3, -0.25) is 4.79 Å². The van der Waals surface area contributed by atoms with E-state index in [4.69, 9.17) is 4.74 Å². The highest BCUT2D eigenvalue weighted by molar-refractivity contribution is 5.83. The van der Waals surface area contributed by atoms with Crippen LogP contribution in [-0.4, -0.2) is 23.3 Å². The molecule has 1 fully saturated rings. The fraction of sp³-hybridized carbons (Fsp3) is 0.417. The van der Waals surface area contributed by atoms with Gasteiger partial charge in [-0.2, -0.15) is 0 Å². The van der Waals surface area contributed by atoms with Crippen molar-refractivity contribution in [1.29, 1.82) is 0 Å². The Balaban J connectivity index is 2.43. The molecule has 0 radical (unpaired) electrons. The molecular weight excluding hydrogens is 208 g/mol. The van der Waals surface area contributed by atoms with Crippen LogP contribution >= 0.6 is 0 Å². The van der Waals surface area contributed by atoms with Crippen LogP contribution in [0.4, 0.5) is 0 Å². The zero-order valence-electron chi connectivity index (χ0n) is 9.06. The summed E-state index contributed by atoms with van der Waals surface area (Å²) in [5.41, 5.74) is -0.400. The third-order valence-corrected chi connectivity index (χ3v) is 3.34. The lowest BCUT2D eigenvalue weighted by Crippen LogP contribution is -2.42. The molecule has 1 aromatic rings. The monoisotopic (exact) mass is 222 g/mol. The van der Waals surface area contributed by atoms with E-state index in [-0.39, 0.29) is 5.75 Å². The molecule has 2 rings (SSSR count). The normalized spacial score (nSPS) is 17.6. The Morgan fingerprint density at radius 3 is 2.50 bits per heavy atom. The van der Waals surface area contributed by atoms with E-state index in [0.717, 1.165) is 6.42 Å². The van der Waals surface area contributed by atoms with Gasteiger partial charge in [0.25, 0.3) is 0 Å². The molecule has 16 heavy (non-hydrogen) atoms. The fourth-order valence-corrected chi connectivity index (χ4v) is 2.17. The van der Waals surface area contributed by atoms with Crippen LogP contribution in [0.3, 0.4) is 0 Å². The molecule has 0 heterocycles. The van der Waals surface area contributed by atoms with Crippen molar-refractivity contribution in [3.05, 3.63) is 23.8 Å². The van der Waals surface area contributed by atoms with Gasteiger partial charge in [-0.1, -0.05) is 12.5 Å². The maximum absolute atomic E-state index is 11.3. The summed E-state index contributed by atoms with van der Waals surface area (Å²) in [4.78, 5) is 11.3. The van der Waals surface area contributed by atoms with Gasteiger partial charge in [-0.05, 0) is 18.9 Å². The quantitative estimate of drug-likeness (QED) is 0.819. The van der Waals surface area contributed by atoms with Crippen LogP contribution in [0, 0.1) is 0 Å². The summed E-state index contributed by atoms with van der Waals surface area (Å²) >= 11 is 0. The number of hydrogen-bond acceptors (Lipinski definition) is 3. The predicted molar refractivity (Wildman–Crippen MR) is 57.8 cm³/mol. The van der Waals surface area contributed by atoms with Gasteiger partial charge in [0.15, 0.2) is 0 Å². The average molecular weight is 222 g/mol. The van der Waals surface area contributed by atoms with Crippen LogP contribution in [0.1, 0.15) is 24.8 Å². The van der Waals surface area contributed by atoms with Crippen LogP contribution in [0.25, 0.3) is 0 Å². The molecule has 4 heteroatoms. The summed E-state index contributed by atoms with van der Waals surface area (Å²) < 4.78 is 4.97. The molecule has 0 amide bonds. The predicted octanol–water partition coefficient (Wildman–Crippen LogP) is 1.91. The maximum Gasteiger partial charge on any atom is 0.314 e. The standard InChI is InChI=1S/C12H14O4/c1-16-8-3-4-9(10(13)7-8)12(11(14)15)5-2-6-12/h3-4,7,13H,2,5-6H2,1H3,(H,14,15). The first-order chi connectivity index (χ1) is 7.60. The number of carboxylic acids is 1. The lowest BCUT2D eigenvalue weighted by molar-refractivity contribution is -0.147. The lowest BCUT2D eigenvalue weighted by atomic mass is 9.64. The first-order valence-electron chi connectivity index (χ1n) is 5.21. The molecule has 1 aliphatic rings. The van der Waals surface area contributed by atoms with Gasteiger partial charge < -0.3 is 14.9 Å². The maximum atomic E-state index is 11.3.